The average molecular weight is 285 g/mol. The summed E-state index contributed by atoms with van der Waals surface area (Å²) in [5, 5.41) is 2.48. The molecule has 1 saturated heterocycles. The van der Waals surface area contributed by atoms with Crippen molar-refractivity contribution < 1.29 is 9.47 Å². The van der Waals surface area contributed by atoms with Crippen molar-refractivity contribution in [2.75, 3.05) is 26.2 Å². The zero-order chi connectivity index (χ0) is 14.7. The molecular formula is C18H23NO2. The number of nitrogens with zero attached hydrogens (tertiary/aromatic N) is 1. The molecule has 21 heavy (non-hydrogen) atoms. The predicted molar refractivity (Wildman–Crippen MR) is 85.9 cm³/mol. The maximum Gasteiger partial charge on any atom is 0.120 e. The Morgan fingerprint density at radius 1 is 1.05 bits per heavy atom. The largest absolute Gasteiger partial charge is 0.492 e. The van der Waals surface area contributed by atoms with E-state index in [2.05, 4.69) is 55.1 Å². The fourth-order valence-corrected chi connectivity index (χ4v) is 3.02. The first kappa shape index (κ1) is 14.4. The van der Waals surface area contributed by atoms with Crippen molar-refractivity contribution >= 4 is 10.8 Å². The molecule has 112 valence electrons. The number of hydrogen-bond acceptors (Lipinski definition) is 3. The summed E-state index contributed by atoms with van der Waals surface area (Å²) in [4.78, 5) is 2.42. The van der Waals surface area contributed by atoms with Crippen LogP contribution >= 0.6 is 0 Å². The molecule has 0 radical (unpaired) electrons. The molecule has 0 aromatic heterocycles. The lowest BCUT2D eigenvalue weighted by atomic mass is 10.1. The highest BCUT2D eigenvalue weighted by molar-refractivity contribution is 5.83. The van der Waals surface area contributed by atoms with E-state index in [4.69, 9.17) is 9.47 Å². The van der Waals surface area contributed by atoms with E-state index >= 15 is 0 Å². The summed E-state index contributed by atoms with van der Waals surface area (Å²) in [5.41, 5.74) is 0. The monoisotopic (exact) mass is 285 g/mol. The normalized spacial score (nSPS) is 23.3. The predicted octanol–water partition coefficient (Wildman–Crippen LogP) is 3.33. The summed E-state index contributed by atoms with van der Waals surface area (Å²) in [6.07, 6.45) is 0.629. The topological polar surface area (TPSA) is 21.7 Å². The highest BCUT2D eigenvalue weighted by Gasteiger charge is 2.21. The second kappa shape index (κ2) is 6.46. The minimum Gasteiger partial charge on any atom is -0.492 e. The summed E-state index contributed by atoms with van der Waals surface area (Å²) in [7, 11) is 0. The SMILES string of the molecule is C[C@@H]1CN(CCOc2ccc3ccccc3c2)C[C@@H](C)O1. The third-order valence-corrected chi connectivity index (χ3v) is 3.89. The van der Waals surface area contributed by atoms with Crippen molar-refractivity contribution in [3.8, 4) is 5.75 Å². The van der Waals surface area contributed by atoms with Gasteiger partial charge in [-0.1, -0.05) is 30.3 Å². The molecule has 2 aromatic rings. The van der Waals surface area contributed by atoms with Crippen LogP contribution in [-0.2, 0) is 4.74 Å². The van der Waals surface area contributed by atoms with Gasteiger partial charge in [-0.25, -0.2) is 0 Å². The Bertz CT molecular complexity index is 589. The van der Waals surface area contributed by atoms with Gasteiger partial charge in [-0.05, 0) is 36.8 Å². The van der Waals surface area contributed by atoms with E-state index in [1.165, 1.54) is 10.8 Å². The first-order valence-electron chi connectivity index (χ1n) is 7.70. The molecule has 0 N–H and O–H groups in total. The molecule has 1 aliphatic heterocycles. The average Bonchev–Trinajstić information content (AvgIpc) is 2.46. The summed E-state index contributed by atoms with van der Waals surface area (Å²) >= 11 is 0. The van der Waals surface area contributed by atoms with Crippen LogP contribution in [-0.4, -0.2) is 43.3 Å². The van der Waals surface area contributed by atoms with Crippen LogP contribution in [0.1, 0.15) is 13.8 Å². The molecule has 3 rings (SSSR count). The molecule has 3 heteroatoms. The van der Waals surface area contributed by atoms with Crippen LogP contribution < -0.4 is 4.74 Å². The molecule has 0 amide bonds. The summed E-state index contributed by atoms with van der Waals surface area (Å²) in [5.74, 6) is 0.947. The Kier molecular flexibility index (Phi) is 4.42. The minimum absolute atomic E-state index is 0.314. The Morgan fingerprint density at radius 3 is 2.52 bits per heavy atom. The maximum atomic E-state index is 5.90. The molecule has 2 atom stereocenters. The number of rotatable bonds is 4. The summed E-state index contributed by atoms with van der Waals surface area (Å²) < 4.78 is 11.7. The lowest BCUT2D eigenvalue weighted by Crippen LogP contribution is -2.46. The fourth-order valence-electron chi connectivity index (χ4n) is 3.02. The molecule has 1 heterocycles. The second-order valence-corrected chi connectivity index (χ2v) is 5.87. The Labute approximate surface area is 126 Å². The molecule has 0 spiro atoms. The van der Waals surface area contributed by atoms with Gasteiger partial charge in [-0.2, -0.15) is 0 Å². The molecule has 1 fully saturated rings. The molecule has 0 saturated carbocycles. The van der Waals surface area contributed by atoms with Crippen molar-refractivity contribution in [1.29, 1.82) is 0 Å². The van der Waals surface area contributed by atoms with Gasteiger partial charge in [0.25, 0.3) is 0 Å². The highest BCUT2D eigenvalue weighted by atomic mass is 16.5. The van der Waals surface area contributed by atoms with Gasteiger partial charge in [-0.3, -0.25) is 4.90 Å². The highest BCUT2D eigenvalue weighted by Crippen LogP contribution is 2.20. The van der Waals surface area contributed by atoms with Crippen molar-refractivity contribution in [3.63, 3.8) is 0 Å². The third kappa shape index (κ3) is 3.74. The molecule has 3 nitrogen and oxygen atoms in total. The van der Waals surface area contributed by atoms with E-state index in [1.54, 1.807) is 0 Å². The van der Waals surface area contributed by atoms with E-state index in [0.29, 0.717) is 12.2 Å². The van der Waals surface area contributed by atoms with E-state index in [-0.39, 0.29) is 0 Å². The quantitative estimate of drug-likeness (QED) is 0.860. The zero-order valence-corrected chi connectivity index (χ0v) is 12.8. The van der Waals surface area contributed by atoms with Crippen molar-refractivity contribution in [3.05, 3.63) is 42.5 Å². The third-order valence-electron chi connectivity index (χ3n) is 3.89. The van der Waals surface area contributed by atoms with Gasteiger partial charge in [0.2, 0.25) is 0 Å². The van der Waals surface area contributed by atoms with Crippen LogP contribution in [0.2, 0.25) is 0 Å². The van der Waals surface area contributed by atoms with Crippen LogP contribution in [0.15, 0.2) is 42.5 Å². The van der Waals surface area contributed by atoms with Crippen molar-refractivity contribution in [2.45, 2.75) is 26.1 Å². The summed E-state index contributed by atoms with van der Waals surface area (Å²) in [6.45, 7) is 7.92. The molecule has 1 aliphatic rings. The van der Waals surface area contributed by atoms with Crippen LogP contribution in [0.5, 0.6) is 5.75 Å². The molecule has 0 bridgehead atoms. The van der Waals surface area contributed by atoms with E-state index in [9.17, 15) is 0 Å². The first-order chi connectivity index (χ1) is 10.2. The molecule has 0 aliphatic carbocycles. The van der Waals surface area contributed by atoms with Gasteiger partial charge in [0, 0.05) is 19.6 Å². The van der Waals surface area contributed by atoms with Crippen molar-refractivity contribution in [1.82, 2.24) is 4.90 Å². The van der Waals surface area contributed by atoms with Crippen LogP contribution in [0.4, 0.5) is 0 Å². The minimum atomic E-state index is 0.314. The zero-order valence-electron chi connectivity index (χ0n) is 12.8. The lowest BCUT2D eigenvalue weighted by Gasteiger charge is -2.35. The summed E-state index contributed by atoms with van der Waals surface area (Å²) in [6, 6.07) is 14.6. The maximum absolute atomic E-state index is 5.90. The van der Waals surface area contributed by atoms with Gasteiger partial charge < -0.3 is 9.47 Å². The Morgan fingerprint density at radius 2 is 1.76 bits per heavy atom. The van der Waals surface area contributed by atoms with Gasteiger partial charge in [0.1, 0.15) is 12.4 Å². The Balaban J connectivity index is 1.54. The standard InChI is InChI=1S/C18H23NO2/c1-14-12-19(13-15(2)21-14)9-10-20-18-8-7-16-5-3-4-6-17(16)11-18/h3-8,11,14-15H,9-10,12-13H2,1-2H3/t14-,15-/m1/s1. The van der Waals surface area contributed by atoms with E-state index < -0.39 is 0 Å². The van der Waals surface area contributed by atoms with E-state index in [1.807, 2.05) is 6.07 Å². The van der Waals surface area contributed by atoms with Gasteiger partial charge in [0.05, 0.1) is 12.2 Å². The second-order valence-electron chi connectivity index (χ2n) is 5.87. The number of fused-ring (bicyclic) bond motifs is 1. The smallest absolute Gasteiger partial charge is 0.120 e. The van der Waals surface area contributed by atoms with E-state index in [0.717, 1.165) is 32.0 Å². The number of ether oxygens (including phenoxy) is 2. The molecular weight excluding hydrogens is 262 g/mol. The lowest BCUT2D eigenvalue weighted by molar-refractivity contribution is -0.0699. The number of benzene rings is 2. The molecule has 2 aromatic carbocycles. The van der Waals surface area contributed by atoms with Crippen LogP contribution in [0.3, 0.4) is 0 Å². The van der Waals surface area contributed by atoms with Gasteiger partial charge in [-0.15, -0.1) is 0 Å². The van der Waals surface area contributed by atoms with Gasteiger partial charge >= 0.3 is 0 Å². The Hall–Kier alpha value is -1.58. The fraction of sp³-hybridized carbons (Fsp3) is 0.444. The molecule has 0 unspecified atom stereocenters. The van der Waals surface area contributed by atoms with Crippen LogP contribution in [0, 0.1) is 0 Å². The first-order valence-corrected chi connectivity index (χ1v) is 7.70. The van der Waals surface area contributed by atoms with Crippen LogP contribution in [0.25, 0.3) is 10.8 Å². The van der Waals surface area contributed by atoms with Crippen molar-refractivity contribution in [2.24, 2.45) is 0 Å². The number of morpholine rings is 1. The number of hydrogen-bond donors (Lipinski definition) is 0. The van der Waals surface area contributed by atoms with Gasteiger partial charge in [0.15, 0.2) is 0 Å².